The molecule has 2 aliphatic heterocycles. The second kappa shape index (κ2) is 13.7. The van der Waals surface area contributed by atoms with Gasteiger partial charge in [0.1, 0.15) is 12.2 Å². The van der Waals surface area contributed by atoms with Gasteiger partial charge < -0.3 is 24.6 Å². The van der Waals surface area contributed by atoms with E-state index in [9.17, 15) is 22.8 Å². The van der Waals surface area contributed by atoms with E-state index < -0.39 is 62.0 Å². The first-order valence-corrected chi connectivity index (χ1v) is 23.5. The maximum absolute atomic E-state index is 14.1. The third-order valence-electron chi connectivity index (χ3n) is 10.3. The second-order valence-corrected chi connectivity index (χ2v) is 26.7. The second-order valence-electron chi connectivity index (χ2n) is 15.8. The molecule has 1 spiro atoms. The minimum Gasteiger partial charge on any atom is -0.414 e. The van der Waals surface area contributed by atoms with E-state index in [2.05, 4.69) is 39.2 Å². The number of nitrogens with zero attached hydrogens (tertiary/aromatic N) is 2. The van der Waals surface area contributed by atoms with Crippen molar-refractivity contribution in [2.75, 3.05) is 13.7 Å². The highest BCUT2D eigenvalue weighted by atomic mass is 32.2. The maximum atomic E-state index is 14.1. The molecule has 4 atom stereocenters. The molecule has 0 bridgehead atoms. The molecule has 3 rings (SSSR count). The van der Waals surface area contributed by atoms with E-state index in [0.717, 1.165) is 9.98 Å². The first-order valence-electron chi connectivity index (χ1n) is 16.2. The van der Waals surface area contributed by atoms with Crippen molar-refractivity contribution in [2.24, 2.45) is 5.73 Å². The number of carbonyl (C=O) groups is 1. The first-order chi connectivity index (χ1) is 21.3. The highest BCUT2D eigenvalue weighted by Gasteiger charge is 2.67. The summed E-state index contributed by atoms with van der Waals surface area (Å²) in [5, 5.41) is 2.98. The summed E-state index contributed by atoms with van der Waals surface area (Å²) in [5.41, 5.74) is 3.87. The van der Waals surface area contributed by atoms with Gasteiger partial charge in [-0.2, -0.15) is 8.42 Å². The van der Waals surface area contributed by atoms with E-state index in [4.69, 9.17) is 23.5 Å². The monoisotopic (exact) mass is 716 g/mol. The third kappa shape index (κ3) is 8.05. The zero-order chi connectivity index (χ0) is 36.0. The molecule has 13 nitrogen and oxygen atoms in total. The van der Waals surface area contributed by atoms with Crippen LogP contribution in [-0.2, 0) is 39.2 Å². The van der Waals surface area contributed by atoms with Gasteiger partial charge in [-0.05, 0) is 56.0 Å². The molecule has 4 unspecified atom stereocenters. The number of unbranched alkanes of at least 4 members (excludes halogenated alkanes) is 2. The normalized spacial score (nSPS) is 24.9. The summed E-state index contributed by atoms with van der Waals surface area (Å²) in [7, 11) is -7.76. The fourth-order valence-corrected chi connectivity index (χ4v) is 8.72. The van der Waals surface area contributed by atoms with Crippen LogP contribution in [0.25, 0.3) is 0 Å². The number of hydrogen-bond donors (Lipinski definition) is 2. The number of aromatic nitrogens is 2. The number of aryl methyl sites for hydroxylation is 1. The van der Waals surface area contributed by atoms with Crippen molar-refractivity contribution in [2.45, 2.75) is 141 Å². The van der Waals surface area contributed by atoms with Crippen molar-refractivity contribution in [3.8, 4) is 0 Å². The topological polar surface area (TPSA) is 170 Å². The molecule has 16 heteroatoms. The lowest BCUT2D eigenvalue weighted by Gasteiger charge is -2.43. The van der Waals surface area contributed by atoms with Gasteiger partial charge in [-0.1, -0.05) is 48.0 Å². The summed E-state index contributed by atoms with van der Waals surface area (Å²) >= 11 is 0. The minimum absolute atomic E-state index is 0.0624. The molecule has 1 aromatic heterocycles. The van der Waals surface area contributed by atoms with Crippen LogP contribution >= 0.6 is 0 Å². The molecular weight excluding hydrogens is 661 g/mol. The Hall–Kier alpha value is -2.09. The molecule has 1 fully saturated rings. The summed E-state index contributed by atoms with van der Waals surface area (Å²) in [4.78, 5) is 39.0. The van der Waals surface area contributed by atoms with Crippen LogP contribution in [0.2, 0.25) is 36.3 Å². The lowest BCUT2D eigenvalue weighted by atomic mass is 9.89. The Bertz CT molecular complexity index is 1590. The lowest BCUT2D eigenvalue weighted by molar-refractivity contribution is -0.120. The number of amides is 1. The molecule has 0 aromatic carbocycles. The van der Waals surface area contributed by atoms with Gasteiger partial charge in [-0.3, -0.25) is 18.7 Å². The van der Waals surface area contributed by atoms with Gasteiger partial charge in [-0.15, -0.1) is 0 Å². The van der Waals surface area contributed by atoms with E-state index in [-0.39, 0.29) is 34.8 Å². The fourth-order valence-electron chi connectivity index (χ4n) is 5.21. The largest absolute Gasteiger partial charge is 0.414 e. The molecule has 0 aliphatic carbocycles. The van der Waals surface area contributed by atoms with Crippen molar-refractivity contribution in [3.05, 3.63) is 43.7 Å². The number of ether oxygens (including phenoxy) is 1. The van der Waals surface area contributed by atoms with E-state index in [1.165, 1.54) is 10.8 Å². The fraction of sp³-hybridized carbons (Fsp3) is 0.774. The van der Waals surface area contributed by atoms with Gasteiger partial charge >= 0.3 is 5.69 Å². The van der Waals surface area contributed by atoms with Crippen LogP contribution in [0.4, 0.5) is 0 Å². The molecule has 1 amide bonds. The van der Waals surface area contributed by atoms with Crippen LogP contribution in [0, 0.1) is 6.92 Å². The predicted molar refractivity (Wildman–Crippen MR) is 186 cm³/mol. The first kappa shape index (κ1) is 39.4. The Balaban J connectivity index is 2.18. The molecule has 268 valence electrons. The van der Waals surface area contributed by atoms with Gasteiger partial charge in [0.2, 0.25) is 5.91 Å². The summed E-state index contributed by atoms with van der Waals surface area (Å²) in [5.74, 6) is -0.0725. The molecule has 0 radical (unpaired) electrons. The van der Waals surface area contributed by atoms with Gasteiger partial charge in [0.15, 0.2) is 28.5 Å². The summed E-state index contributed by atoms with van der Waals surface area (Å²) in [6, 6.07) is 0. The average molecular weight is 717 g/mol. The molecule has 0 saturated carbocycles. The van der Waals surface area contributed by atoms with Crippen molar-refractivity contribution in [1.29, 1.82) is 0 Å². The van der Waals surface area contributed by atoms with E-state index >= 15 is 0 Å². The number of hydrogen-bond acceptors (Lipinski definition) is 10. The van der Waals surface area contributed by atoms with Gasteiger partial charge in [0, 0.05) is 31.8 Å². The van der Waals surface area contributed by atoms with Gasteiger partial charge in [-0.25, -0.2) is 8.98 Å². The number of rotatable bonds is 12. The SMILES string of the molecule is CNC(=O)CCCCCn1c(=O)c(C)cn(C2OC(CO[Si](C)(C)C(C)(C)C)C3(OS(=O)(=O)C=C3N)C2O[Si](C)(C)C(C)(C)C)c1=O. The molecular formula is C31H56N4O9SSi2. The zero-order valence-corrected chi connectivity index (χ0v) is 33.0. The quantitative estimate of drug-likeness (QED) is 0.184. The lowest BCUT2D eigenvalue weighted by Crippen LogP contribution is -2.59. The predicted octanol–water partition coefficient (Wildman–Crippen LogP) is 3.83. The molecule has 1 saturated heterocycles. The standard InChI is InChI=1S/C31H56N4O9SSi2/c1-21-18-35(28(38)34(26(21)37)17-15-13-14-16-24(36)33-8)27-25(43-47(11,12)30(5,6)7)31(22(32)20-45(39,40)44-31)23(42-27)19-41-46(9,10)29(2,3)4/h18,20,23,25,27H,13-17,19,32H2,1-12H3,(H,33,36). The molecule has 3 N–H and O–H groups in total. The number of nitrogens with two attached hydrogens (primary N) is 1. The average Bonchev–Trinajstić information content (AvgIpc) is 3.35. The summed E-state index contributed by atoms with van der Waals surface area (Å²) in [6.07, 6.45) is 0.0599. The van der Waals surface area contributed by atoms with Gasteiger partial charge in [0.05, 0.1) is 17.7 Å². The van der Waals surface area contributed by atoms with Crippen LogP contribution in [0.15, 0.2) is 26.9 Å². The van der Waals surface area contributed by atoms with E-state index in [1.54, 1.807) is 14.0 Å². The minimum atomic E-state index is -4.24. The Morgan fingerprint density at radius 3 is 2.15 bits per heavy atom. The maximum Gasteiger partial charge on any atom is 0.333 e. The van der Waals surface area contributed by atoms with Crippen LogP contribution < -0.4 is 22.3 Å². The van der Waals surface area contributed by atoms with Crippen molar-refractivity contribution < 1.29 is 31.0 Å². The Labute approximate surface area is 281 Å². The molecule has 1 aromatic rings. The Morgan fingerprint density at radius 2 is 1.64 bits per heavy atom. The third-order valence-corrected chi connectivity index (χ3v) is 20.3. The Morgan fingerprint density at radius 1 is 1.04 bits per heavy atom. The molecule has 2 aliphatic rings. The summed E-state index contributed by atoms with van der Waals surface area (Å²) < 4.78 is 54.6. The highest BCUT2D eigenvalue weighted by Crippen LogP contribution is 2.52. The smallest absolute Gasteiger partial charge is 0.333 e. The number of carbonyl (C=O) groups excluding carboxylic acids is 1. The molecule has 3 heterocycles. The van der Waals surface area contributed by atoms with Crippen molar-refractivity contribution in [3.63, 3.8) is 0 Å². The van der Waals surface area contributed by atoms with E-state index in [0.29, 0.717) is 31.2 Å². The molecule has 47 heavy (non-hydrogen) atoms. The number of nitrogens with one attached hydrogen (secondary N) is 1. The van der Waals surface area contributed by atoms with Crippen LogP contribution in [0.3, 0.4) is 0 Å². The van der Waals surface area contributed by atoms with Crippen LogP contribution in [0.5, 0.6) is 0 Å². The Kier molecular flexibility index (Phi) is 11.4. The van der Waals surface area contributed by atoms with Crippen LogP contribution in [0.1, 0.15) is 79.0 Å². The summed E-state index contributed by atoms with van der Waals surface area (Å²) in [6.45, 7) is 22.2. The van der Waals surface area contributed by atoms with Crippen molar-refractivity contribution >= 4 is 32.7 Å². The van der Waals surface area contributed by atoms with E-state index in [1.807, 2.05) is 33.9 Å². The zero-order valence-electron chi connectivity index (χ0n) is 30.2. The van der Waals surface area contributed by atoms with Gasteiger partial charge in [0.25, 0.3) is 15.7 Å². The highest BCUT2D eigenvalue weighted by molar-refractivity contribution is 7.90. The van der Waals surface area contributed by atoms with Crippen LogP contribution in [-0.4, -0.2) is 71.6 Å². The van der Waals surface area contributed by atoms with Crippen molar-refractivity contribution in [1.82, 2.24) is 14.5 Å².